The fourth-order valence-electron chi connectivity index (χ4n) is 8.46. The molecule has 4 heteroatoms. The van der Waals surface area contributed by atoms with Crippen LogP contribution >= 0.6 is 0 Å². The number of aliphatic imine (C=N–C) groups is 1. The Kier molecular flexibility index (Phi) is 7.15. The molecule has 0 saturated carbocycles. The number of pyridine rings is 1. The molecule has 0 fully saturated rings. The van der Waals surface area contributed by atoms with Crippen LogP contribution in [0.2, 0.25) is 0 Å². The maximum absolute atomic E-state index is 7.03. The Morgan fingerprint density at radius 3 is 1.70 bits per heavy atom. The van der Waals surface area contributed by atoms with Crippen LogP contribution in [0.5, 0.6) is 0 Å². The SMILES string of the molecule is N/C(=N\c1ncc(-c2ccccc2)cc1-c1ccccc1)c1ccc2c(c1)C1(c3ccccc3-2)c2ccccc2N(c2ccccc2)c2ccccc21. The third kappa shape index (κ3) is 4.77. The number of nitrogens with two attached hydrogens (primary N) is 1. The number of para-hydroxylation sites is 3. The van der Waals surface area contributed by atoms with Gasteiger partial charge in [0.1, 0.15) is 5.84 Å². The summed E-state index contributed by atoms with van der Waals surface area (Å²) in [4.78, 5) is 12.4. The highest BCUT2D eigenvalue weighted by atomic mass is 15.2. The van der Waals surface area contributed by atoms with Gasteiger partial charge in [0.05, 0.1) is 16.8 Å². The van der Waals surface area contributed by atoms with Crippen molar-refractivity contribution < 1.29 is 0 Å². The topological polar surface area (TPSA) is 54.5 Å². The van der Waals surface area contributed by atoms with Crippen molar-refractivity contribution >= 4 is 28.7 Å². The zero-order valence-electron chi connectivity index (χ0n) is 28.9. The van der Waals surface area contributed by atoms with Gasteiger partial charge in [-0.2, -0.15) is 0 Å². The van der Waals surface area contributed by atoms with E-state index >= 15 is 0 Å². The zero-order chi connectivity index (χ0) is 35.4. The lowest BCUT2D eigenvalue weighted by Gasteiger charge is -2.45. The van der Waals surface area contributed by atoms with Crippen LogP contribution < -0.4 is 10.6 Å². The van der Waals surface area contributed by atoms with Crippen LogP contribution in [0.4, 0.5) is 22.9 Å². The van der Waals surface area contributed by atoms with Gasteiger partial charge in [-0.3, -0.25) is 0 Å². The first kappa shape index (κ1) is 30.8. The second kappa shape index (κ2) is 12.3. The Balaban J connectivity index is 1.18. The third-order valence-electron chi connectivity index (χ3n) is 10.7. The smallest absolute Gasteiger partial charge is 0.162 e. The van der Waals surface area contributed by atoms with Crippen LogP contribution in [0.25, 0.3) is 33.4 Å². The molecular weight excluding hydrogens is 645 g/mol. The molecule has 8 aromatic rings. The molecule has 0 unspecified atom stereocenters. The van der Waals surface area contributed by atoms with Crippen molar-refractivity contribution in [3.63, 3.8) is 0 Å². The van der Waals surface area contributed by atoms with Crippen LogP contribution in [0, 0.1) is 0 Å². The molecular formula is C49H34N4. The summed E-state index contributed by atoms with van der Waals surface area (Å²) < 4.78 is 0. The second-order valence-electron chi connectivity index (χ2n) is 13.6. The van der Waals surface area contributed by atoms with Crippen LogP contribution in [0.15, 0.2) is 199 Å². The fraction of sp³-hybridized carbons (Fsp3) is 0.0204. The molecule has 0 radical (unpaired) electrons. The van der Waals surface area contributed by atoms with E-state index in [1.165, 1.54) is 33.4 Å². The first-order chi connectivity index (χ1) is 26.2. The molecule has 53 heavy (non-hydrogen) atoms. The summed E-state index contributed by atoms with van der Waals surface area (Å²) in [7, 11) is 0. The van der Waals surface area contributed by atoms with Crippen LogP contribution in [-0.2, 0) is 5.41 Å². The number of anilines is 3. The Labute approximate surface area is 309 Å². The molecule has 2 N–H and O–H groups in total. The molecule has 4 nitrogen and oxygen atoms in total. The highest BCUT2D eigenvalue weighted by Crippen LogP contribution is 2.63. The molecule has 7 aromatic carbocycles. The highest BCUT2D eigenvalue weighted by molar-refractivity contribution is 6.03. The first-order valence-corrected chi connectivity index (χ1v) is 18.0. The van der Waals surface area contributed by atoms with E-state index in [0.717, 1.165) is 44.9 Å². The summed E-state index contributed by atoms with van der Waals surface area (Å²) in [6.45, 7) is 0. The molecule has 1 spiro atoms. The predicted octanol–water partition coefficient (Wildman–Crippen LogP) is 11.6. The van der Waals surface area contributed by atoms with E-state index in [0.29, 0.717) is 11.7 Å². The van der Waals surface area contributed by atoms with Gasteiger partial charge in [0.25, 0.3) is 0 Å². The number of amidine groups is 1. The average Bonchev–Trinajstić information content (AvgIpc) is 3.52. The van der Waals surface area contributed by atoms with Gasteiger partial charge in [0, 0.05) is 28.6 Å². The monoisotopic (exact) mass is 678 g/mol. The van der Waals surface area contributed by atoms with Gasteiger partial charge in [-0.1, -0.05) is 152 Å². The molecule has 2 heterocycles. The number of hydrogen-bond acceptors (Lipinski definition) is 3. The van der Waals surface area contributed by atoms with Crippen molar-refractivity contribution in [1.29, 1.82) is 0 Å². The minimum Gasteiger partial charge on any atom is -0.383 e. The van der Waals surface area contributed by atoms with Gasteiger partial charge in [0.15, 0.2) is 5.82 Å². The molecule has 0 atom stereocenters. The minimum absolute atomic E-state index is 0.416. The molecule has 0 saturated heterocycles. The van der Waals surface area contributed by atoms with Crippen molar-refractivity contribution in [2.24, 2.45) is 10.7 Å². The van der Waals surface area contributed by atoms with Gasteiger partial charge >= 0.3 is 0 Å². The molecule has 10 rings (SSSR count). The third-order valence-corrected chi connectivity index (χ3v) is 10.7. The zero-order valence-corrected chi connectivity index (χ0v) is 28.9. The summed E-state index contributed by atoms with van der Waals surface area (Å²) >= 11 is 0. The van der Waals surface area contributed by atoms with Gasteiger partial charge in [-0.25, -0.2) is 9.98 Å². The van der Waals surface area contributed by atoms with E-state index < -0.39 is 5.41 Å². The van der Waals surface area contributed by atoms with Crippen molar-refractivity contribution in [3.8, 4) is 33.4 Å². The first-order valence-electron chi connectivity index (χ1n) is 18.0. The standard InChI is InChI=1S/C49H34N4/c50-47(52-48-40(34-18-6-2-7-19-34)30-36(32-51-48)33-16-4-1-5-17-33)35-28-29-39-38-22-10-11-23-41(38)49(44(39)31-35)42-24-12-14-26-45(42)53(37-20-8-3-9-21-37)46-27-15-13-25-43(46)49/h1-32H,(H2,50,51,52). The largest absolute Gasteiger partial charge is 0.383 e. The number of nitrogens with zero attached hydrogens (tertiary/aromatic N) is 3. The van der Waals surface area contributed by atoms with Crippen LogP contribution in [0.1, 0.15) is 27.8 Å². The summed E-state index contributed by atoms with van der Waals surface area (Å²) in [5.41, 5.74) is 22.2. The van der Waals surface area contributed by atoms with Crippen molar-refractivity contribution in [1.82, 2.24) is 4.98 Å². The van der Waals surface area contributed by atoms with E-state index in [1.807, 2.05) is 42.6 Å². The van der Waals surface area contributed by atoms with Crippen LogP contribution in [-0.4, -0.2) is 10.8 Å². The van der Waals surface area contributed by atoms with E-state index in [9.17, 15) is 0 Å². The second-order valence-corrected chi connectivity index (χ2v) is 13.6. The summed E-state index contributed by atoms with van der Waals surface area (Å²) in [5, 5.41) is 0. The lowest BCUT2D eigenvalue weighted by atomic mass is 9.64. The maximum atomic E-state index is 7.03. The molecule has 1 aliphatic heterocycles. The number of rotatable bonds is 5. The maximum Gasteiger partial charge on any atom is 0.162 e. The Bertz CT molecular complexity index is 2640. The minimum atomic E-state index is -0.578. The highest BCUT2D eigenvalue weighted by Gasteiger charge is 2.51. The quantitative estimate of drug-likeness (QED) is 0.146. The van der Waals surface area contributed by atoms with E-state index in [1.54, 1.807) is 0 Å². The normalized spacial score (nSPS) is 13.6. The predicted molar refractivity (Wildman–Crippen MR) is 217 cm³/mol. The fourth-order valence-corrected chi connectivity index (χ4v) is 8.46. The Morgan fingerprint density at radius 2 is 1.02 bits per heavy atom. The molecule has 250 valence electrons. The molecule has 1 aliphatic carbocycles. The number of hydrogen-bond donors (Lipinski definition) is 1. The summed E-state index contributed by atoms with van der Waals surface area (Å²) in [6.07, 6.45) is 1.89. The van der Waals surface area contributed by atoms with Gasteiger partial charge < -0.3 is 10.6 Å². The van der Waals surface area contributed by atoms with Crippen molar-refractivity contribution in [3.05, 3.63) is 222 Å². The van der Waals surface area contributed by atoms with Crippen LogP contribution in [0.3, 0.4) is 0 Å². The summed E-state index contributed by atoms with van der Waals surface area (Å²) in [5.74, 6) is 0.998. The Hall–Kier alpha value is -7.04. The lowest BCUT2D eigenvalue weighted by Crippen LogP contribution is -2.36. The Morgan fingerprint density at radius 1 is 0.472 bits per heavy atom. The molecule has 1 aromatic heterocycles. The molecule has 2 aliphatic rings. The summed E-state index contributed by atoms with van der Waals surface area (Å²) in [6, 6.07) is 66.5. The lowest BCUT2D eigenvalue weighted by molar-refractivity contribution is 0.752. The van der Waals surface area contributed by atoms with E-state index in [-0.39, 0.29) is 0 Å². The molecule has 0 amide bonds. The van der Waals surface area contributed by atoms with E-state index in [2.05, 4.69) is 157 Å². The number of fused-ring (bicyclic) bond motifs is 9. The van der Waals surface area contributed by atoms with Gasteiger partial charge in [0.2, 0.25) is 0 Å². The van der Waals surface area contributed by atoms with Crippen molar-refractivity contribution in [2.45, 2.75) is 5.41 Å². The van der Waals surface area contributed by atoms with Gasteiger partial charge in [-0.05, 0) is 80.9 Å². The average molecular weight is 679 g/mol. The number of aromatic nitrogens is 1. The number of benzene rings is 7. The van der Waals surface area contributed by atoms with E-state index in [4.69, 9.17) is 15.7 Å². The van der Waals surface area contributed by atoms with Gasteiger partial charge in [-0.15, -0.1) is 0 Å². The molecule has 0 bridgehead atoms. The van der Waals surface area contributed by atoms with Crippen molar-refractivity contribution in [2.75, 3.05) is 4.90 Å².